The molecule has 0 saturated heterocycles. The minimum atomic E-state index is 0.349. The lowest BCUT2D eigenvalue weighted by molar-refractivity contribution is -0.119. The van der Waals surface area contributed by atoms with Crippen LogP contribution in [0.15, 0.2) is 18.2 Å². The van der Waals surface area contributed by atoms with Gasteiger partial charge in [-0.25, -0.2) is 0 Å². The van der Waals surface area contributed by atoms with E-state index in [1.165, 1.54) is 0 Å². The number of rotatable bonds is 11. The van der Waals surface area contributed by atoms with Gasteiger partial charge in [0.05, 0.1) is 14.2 Å². The zero-order valence-electron chi connectivity index (χ0n) is 14.4. The summed E-state index contributed by atoms with van der Waals surface area (Å²) in [5, 5.41) is 0. The van der Waals surface area contributed by atoms with Crippen LogP contribution in [0.3, 0.4) is 0 Å². The highest BCUT2D eigenvalue weighted by Gasteiger charge is 2.07. The summed E-state index contributed by atoms with van der Waals surface area (Å²) >= 11 is 0. The summed E-state index contributed by atoms with van der Waals surface area (Å²) in [7, 11) is 3.30. The van der Waals surface area contributed by atoms with Crippen LogP contribution in [-0.4, -0.2) is 44.5 Å². The Bertz CT molecular complexity index is 433. The summed E-state index contributed by atoms with van der Waals surface area (Å²) in [4.78, 5) is 14.2. The molecule has 124 valence electrons. The Labute approximate surface area is 134 Å². The van der Waals surface area contributed by atoms with Crippen molar-refractivity contribution in [3.63, 3.8) is 0 Å². The monoisotopic (exact) mass is 307 g/mol. The van der Waals surface area contributed by atoms with Crippen LogP contribution in [0.5, 0.6) is 11.5 Å². The second-order valence-corrected chi connectivity index (χ2v) is 5.39. The third-order valence-electron chi connectivity index (χ3n) is 3.93. The molecule has 0 unspecified atom stereocenters. The first kappa shape index (κ1) is 18.5. The Balaban J connectivity index is 2.39. The molecule has 0 bridgehead atoms. The average Bonchev–Trinajstić information content (AvgIpc) is 2.55. The number of benzene rings is 1. The molecule has 0 fully saturated rings. The molecule has 0 saturated carbocycles. The van der Waals surface area contributed by atoms with Gasteiger partial charge >= 0.3 is 0 Å². The highest BCUT2D eigenvalue weighted by Crippen LogP contribution is 2.23. The molecule has 0 amide bonds. The Hall–Kier alpha value is -1.55. The van der Waals surface area contributed by atoms with E-state index in [4.69, 9.17) is 9.47 Å². The van der Waals surface area contributed by atoms with Gasteiger partial charge in [-0.3, -0.25) is 4.79 Å². The maximum atomic E-state index is 11.9. The minimum Gasteiger partial charge on any atom is -0.497 e. The third-order valence-corrected chi connectivity index (χ3v) is 3.93. The minimum absolute atomic E-state index is 0.349. The lowest BCUT2D eigenvalue weighted by Gasteiger charge is -2.17. The number of ether oxygens (including phenoxy) is 2. The fourth-order valence-corrected chi connectivity index (χ4v) is 2.45. The van der Waals surface area contributed by atoms with Gasteiger partial charge < -0.3 is 14.4 Å². The third kappa shape index (κ3) is 6.48. The SMILES string of the molecule is CCN(CC)CCC(=O)CCCc1cc(OC)cc(OC)c1. The summed E-state index contributed by atoms with van der Waals surface area (Å²) in [6, 6.07) is 5.87. The normalized spacial score (nSPS) is 10.8. The van der Waals surface area contributed by atoms with Crippen molar-refractivity contribution in [2.75, 3.05) is 33.9 Å². The summed E-state index contributed by atoms with van der Waals surface area (Å²) < 4.78 is 10.5. The van der Waals surface area contributed by atoms with Crippen LogP contribution < -0.4 is 9.47 Å². The molecule has 1 aromatic carbocycles. The second kappa shape index (κ2) is 10.2. The standard InChI is InChI=1S/C18H29NO3/c1-5-19(6-2)11-10-16(20)9-7-8-15-12-17(21-3)14-18(13-15)22-4/h12-14H,5-11H2,1-4H3. The molecule has 4 heteroatoms. The van der Waals surface area contributed by atoms with Gasteiger partial charge in [0, 0.05) is 25.5 Å². The molecule has 0 aliphatic heterocycles. The Morgan fingerprint density at radius 2 is 1.59 bits per heavy atom. The molecule has 0 N–H and O–H groups in total. The maximum Gasteiger partial charge on any atom is 0.134 e. The van der Waals surface area contributed by atoms with Crippen molar-refractivity contribution in [3.05, 3.63) is 23.8 Å². The van der Waals surface area contributed by atoms with Gasteiger partial charge in [-0.05, 0) is 43.6 Å². The Kier molecular flexibility index (Phi) is 8.60. The number of aryl methyl sites for hydroxylation is 1. The number of Topliss-reactive ketones (excluding diaryl/α,β-unsaturated/α-hetero) is 1. The number of carbonyl (C=O) groups is 1. The highest BCUT2D eigenvalue weighted by atomic mass is 16.5. The van der Waals surface area contributed by atoms with Crippen molar-refractivity contribution in [1.82, 2.24) is 4.90 Å². The Morgan fingerprint density at radius 3 is 2.09 bits per heavy atom. The predicted molar refractivity (Wildman–Crippen MR) is 89.9 cm³/mol. The number of methoxy groups -OCH3 is 2. The molecule has 0 aliphatic rings. The summed E-state index contributed by atoms with van der Waals surface area (Å²) in [6.45, 7) is 7.15. The number of nitrogens with zero attached hydrogens (tertiary/aromatic N) is 1. The summed E-state index contributed by atoms with van der Waals surface area (Å²) in [5.74, 6) is 1.94. The van der Waals surface area contributed by atoms with E-state index in [-0.39, 0.29) is 0 Å². The largest absolute Gasteiger partial charge is 0.497 e. The van der Waals surface area contributed by atoms with E-state index in [2.05, 4.69) is 18.7 Å². The van der Waals surface area contributed by atoms with E-state index in [0.717, 1.165) is 49.5 Å². The van der Waals surface area contributed by atoms with Crippen molar-refractivity contribution in [2.45, 2.75) is 39.5 Å². The van der Waals surface area contributed by atoms with Crippen LogP contribution in [0.1, 0.15) is 38.7 Å². The van der Waals surface area contributed by atoms with Crippen LogP contribution in [0.2, 0.25) is 0 Å². The quantitative estimate of drug-likeness (QED) is 0.628. The van der Waals surface area contributed by atoms with Gasteiger partial charge in [0.25, 0.3) is 0 Å². The average molecular weight is 307 g/mol. The number of hydrogen-bond acceptors (Lipinski definition) is 4. The molecule has 4 nitrogen and oxygen atoms in total. The van der Waals surface area contributed by atoms with Crippen LogP contribution in [0.4, 0.5) is 0 Å². The van der Waals surface area contributed by atoms with Crippen molar-refractivity contribution in [2.24, 2.45) is 0 Å². The van der Waals surface area contributed by atoms with Crippen LogP contribution >= 0.6 is 0 Å². The van der Waals surface area contributed by atoms with Crippen LogP contribution in [-0.2, 0) is 11.2 Å². The van der Waals surface area contributed by atoms with Gasteiger partial charge in [0.2, 0.25) is 0 Å². The van der Waals surface area contributed by atoms with Gasteiger partial charge in [0.15, 0.2) is 0 Å². The van der Waals surface area contributed by atoms with E-state index in [1.807, 2.05) is 18.2 Å². The topological polar surface area (TPSA) is 38.8 Å². The summed E-state index contributed by atoms with van der Waals surface area (Å²) in [5.41, 5.74) is 1.15. The van der Waals surface area contributed by atoms with Crippen molar-refractivity contribution in [1.29, 1.82) is 0 Å². The first-order valence-corrected chi connectivity index (χ1v) is 8.08. The summed E-state index contributed by atoms with van der Waals surface area (Å²) in [6.07, 6.45) is 3.03. The number of ketones is 1. The van der Waals surface area contributed by atoms with E-state index in [1.54, 1.807) is 14.2 Å². The van der Waals surface area contributed by atoms with Crippen molar-refractivity contribution >= 4 is 5.78 Å². The van der Waals surface area contributed by atoms with Crippen molar-refractivity contribution in [3.8, 4) is 11.5 Å². The number of carbonyl (C=O) groups excluding carboxylic acids is 1. The zero-order chi connectivity index (χ0) is 16.4. The van der Waals surface area contributed by atoms with Gasteiger partial charge in [-0.2, -0.15) is 0 Å². The molecule has 0 aromatic heterocycles. The molecular weight excluding hydrogens is 278 g/mol. The zero-order valence-corrected chi connectivity index (χ0v) is 14.4. The molecule has 0 atom stereocenters. The van der Waals surface area contributed by atoms with E-state index < -0.39 is 0 Å². The van der Waals surface area contributed by atoms with Gasteiger partial charge in [-0.1, -0.05) is 13.8 Å². The molecule has 0 heterocycles. The lowest BCUT2D eigenvalue weighted by Crippen LogP contribution is -2.25. The van der Waals surface area contributed by atoms with Crippen molar-refractivity contribution < 1.29 is 14.3 Å². The van der Waals surface area contributed by atoms with E-state index in [9.17, 15) is 4.79 Å². The molecule has 0 aliphatic carbocycles. The van der Waals surface area contributed by atoms with Gasteiger partial charge in [-0.15, -0.1) is 0 Å². The predicted octanol–water partition coefficient (Wildman–Crippen LogP) is 3.33. The van der Waals surface area contributed by atoms with E-state index in [0.29, 0.717) is 18.6 Å². The molecule has 0 spiro atoms. The molecule has 0 radical (unpaired) electrons. The lowest BCUT2D eigenvalue weighted by atomic mass is 10.0. The molecule has 1 aromatic rings. The fourth-order valence-electron chi connectivity index (χ4n) is 2.45. The maximum absolute atomic E-state index is 11.9. The first-order chi connectivity index (χ1) is 10.6. The Morgan fingerprint density at radius 1 is 1.00 bits per heavy atom. The fraction of sp³-hybridized carbons (Fsp3) is 0.611. The highest BCUT2D eigenvalue weighted by molar-refractivity contribution is 5.78. The smallest absolute Gasteiger partial charge is 0.134 e. The molecule has 22 heavy (non-hydrogen) atoms. The van der Waals surface area contributed by atoms with Crippen LogP contribution in [0, 0.1) is 0 Å². The number of hydrogen-bond donors (Lipinski definition) is 0. The molecule has 1 rings (SSSR count). The second-order valence-electron chi connectivity index (χ2n) is 5.39. The van der Waals surface area contributed by atoms with Gasteiger partial charge in [0.1, 0.15) is 17.3 Å². The first-order valence-electron chi connectivity index (χ1n) is 8.08. The van der Waals surface area contributed by atoms with E-state index >= 15 is 0 Å². The molecular formula is C18H29NO3. The van der Waals surface area contributed by atoms with Crippen LogP contribution in [0.25, 0.3) is 0 Å².